The number of ether oxygens (including phenoxy) is 1. The van der Waals surface area contributed by atoms with Gasteiger partial charge in [-0.05, 0) is 17.7 Å². The molecule has 2 heterocycles. The van der Waals surface area contributed by atoms with E-state index in [-0.39, 0.29) is 5.92 Å². The third kappa shape index (κ3) is 3.22. The summed E-state index contributed by atoms with van der Waals surface area (Å²) in [5.41, 5.74) is 1.30. The molecule has 0 aromatic heterocycles. The lowest BCUT2D eigenvalue weighted by Gasteiger charge is -2.41. The summed E-state index contributed by atoms with van der Waals surface area (Å²) in [5.74, 6) is 0.490. The fraction of sp³-hybridized carbons (Fsp3) is 0.533. The highest BCUT2D eigenvalue weighted by Crippen LogP contribution is 2.22. The van der Waals surface area contributed by atoms with Gasteiger partial charge in [0.25, 0.3) is 0 Å². The van der Waals surface area contributed by atoms with Crippen molar-refractivity contribution in [3.05, 3.63) is 34.3 Å². The number of morpholine rings is 1. The van der Waals surface area contributed by atoms with Gasteiger partial charge in [0.1, 0.15) is 0 Å². The number of likely N-dealkylation sites (tertiary alicyclic amines) is 1. The topological polar surface area (TPSA) is 32.8 Å². The Hall–Kier alpha value is -0.910. The van der Waals surface area contributed by atoms with Crippen LogP contribution in [-0.4, -0.2) is 55.1 Å². The number of carbonyl (C=O) groups is 1. The zero-order valence-corrected chi connectivity index (χ0v) is 13.0. The highest BCUT2D eigenvalue weighted by Gasteiger charge is 2.35. The molecule has 4 nitrogen and oxygen atoms in total. The van der Waals surface area contributed by atoms with E-state index in [1.54, 1.807) is 0 Å². The van der Waals surface area contributed by atoms with Crippen molar-refractivity contribution in [1.82, 2.24) is 9.80 Å². The smallest absolute Gasteiger partial charge is 0.228 e. The highest BCUT2D eigenvalue weighted by atomic mass is 79.9. The zero-order valence-electron chi connectivity index (χ0n) is 11.4. The summed E-state index contributed by atoms with van der Waals surface area (Å²) in [4.78, 5) is 16.5. The minimum atomic E-state index is 0.184. The molecule has 2 saturated heterocycles. The third-order valence-corrected chi connectivity index (χ3v) is 4.48. The fourth-order valence-corrected chi connectivity index (χ4v) is 3.01. The lowest BCUT2D eigenvalue weighted by atomic mass is 9.97. The maximum Gasteiger partial charge on any atom is 0.228 e. The van der Waals surface area contributed by atoms with Crippen molar-refractivity contribution in [2.45, 2.75) is 6.54 Å². The summed E-state index contributed by atoms with van der Waals surface area (Å²) in [6.45, 7) is 5.56. The fourth-order valence-electron chi connectivity index (χ4n) is 2.75. The molecule has 0 aliphatic carbocycles. The van der Waals surface area contributed by atoms with E-state index in [9.17, 15) is 4.79 Å². The van der Waals surface area contributed by atoms with E-state index >= 15 is 0 Å². The van der Waals surface area contributed by atoms with E-state index in [4.69, 9.17) is 4.74 Å². The number of halogens is 1. The van der Waals surface area contributed by atoms with E-state index in [2.05, 4.69) is 45.1 Å². The lowest BCUT2D eigenvalue weighted by molar-refractivity contribution is -0.145. The van der Waals surface area contributed by atoms with Crippen LogP contribution in [0.2, 0.25) is 0 Å². The number of amides is 1. The van der Waals surface area contributed by atoms with Gasteiger partial charge in [-0.1, -0.05) is 28.1 Å². The Morgan fingerprint density at radius 2 is 1.85 bits per heavy atom. The van der Waals surface area contributed by atoms with Gasteiger partial charge >= 0.3 is 0 Å². The summed E-state index contributed by atoms with van der Waals surface area (Å²) in [6, 6.07) is 8.37. The van der Waals surface area contributed by atoms with Crippen LogP contribution in [0.25, 0.3) is 0 Å². The second-order valence-electron chi connectivity index (χ2n) is 5.46. The minimum absolute atomic E-state index is 0.184. The second kappa shape index (κ2) is 6.24. The van der Waals surface area contributed by atoms with Crippen molar-refractivity contribution in [3.8, 4) is 0 Å². The number of carbonyl (C=O) groups excluding carboxylic acids is 1. The van der Waals surface area contributed by atoms with Gasteiger partial charge in [-0.2, -0.15) is 0 Å². The summed E-state index contributed by atoms with van der Waals surface area (Å²) in [7, 11) is 0. The first-order valence-electron chi connectivity index (χ1n) is 7.06. The second-order valence-corrected chi connectivity index (χ2v) is 6.37. The highest BCUT2D eigenvalue weighted by molar-refractivity contribution is 9.10. The Labute approximate surface area is 127 Å². The molecule has 0 N–H and O–H groups in total. The summed E-state index contributed by atoms with van der Waals surface area (Å²) < 4.78 is 6.38. The lowest BCUT2D eigenvalue weighted by Crippen LogP contribution is -2.55. The first-order valence-corrected chi connectivity index (χ1v) is 7.85. The molecule has 0 bridgehead atoms. The van der Waals surface area contributed by atoms with Crippen LogP contribution in [0.1, 0.15) is 5.56 Å². The van der Waals surface area contributed by atoms with Crippen molar-refractivity contribution in [2.75, 3.05) is 39.4 Å². The molecule has 2 aliphatic rings. The normalized spacial score (nSPS) is 20.8. The molecule has 0 radical (unpaired) electrons. The number of hydrogen-bond acceptors (Lipinski definition) is 3. The SMILES string of the molecule is O=C(C1CN(Cc2ccc(Br)cc2)C1)N1CCOCC1. The number of benzene rings is 1. The number of hydrogen-bond donors (Lipinski definition) is 0. The average molecular weight is 339 g/mol. The summed E-state index contributed by atoms with van der Waals surface area (Å²) in [6.07, 6.45) is 0. The van der Waals surface area contributed by atoms with Crippen LogP contribution in [0, 0.1) is 5.92 Å². The van der Waals surface area contributed by atoms with Crippen molar-refractivity contribution in [1.29, 1.82) is 0 Å². The Bertz CT molecular complexity index is 465. The van der Waals surface area contributed by atoms with E-state index in [0.29, 0.717) is 19.1 Å². The van der Waals surface area contributed by atoms with Gasteiger partial charge < -0.3 is 9.64 Å². The van der Waals surface area contributed by atoms with Crippen molar-refractivity contribution in [3.63, 3.8) is 0 Å². The van der Waals surface area contributed by atoms with Crippen LogP contribution in [0.5, 0.6) is 0 Å². The molecule has 0 atom stereocenters. The van der Waals surface area contributed by atoms with Crippen molar-refractivity contribution in [2.24, 2.45) is 5.92 Å². The predicted octanol–water partition coefficient (Wildman–Crippen LogP) is 1.74. The molecule has 0 spiro atoms. The van der Waals surface area contributed by atoms with E-state index in [0.717, 1.165) is 37.2 Å². The largest absolute Gasteiger partial charge is 0.378 e. The maximum absolute atomic E-state index is 12.3. The number of rotatable bonds is 3. The molecular weight excluding hydrogens is 320 g/mol. The molecule has 1 aromatic carbocycles. The Balaban J connectivity index is 1.46. The first kappa shape index (κ1) is 14.0. The van der Waals surface area contributed by atoms with Crippen LogP contribution in [0.15, 0.2) is 28.7 Å². The molecule has 0 saturated carbocycles. The van der Waals surface area contributed by atoms with Crippen molar-refractivity contribution >= 4 is 21.8 Å². The molecule has 20 heavy (non-hydrogen) atoms. The van der Waals surface area contributed by atoms with Gasteiger partial charge in [-0.25, -0.2) is 0 Å². The Morgan fingerprint density at radius 3 is 2.50 bits per heavy atom. The van der Waals surface area contributed by atoms with Gasteiger partial charge in [0.05, 0.1) is 19.1 Å². The van der Waals surface area contributed by atoms with Gasteiger partial charge in [0, 0.05) is 37.2 Å². The van der Waals surface area contributed by atoms with Crippen LogP contribution in [0.4, 0.5) is 0 Å². The van der Waals surface area contributed by atoms with Crippen LogP contribution in [-0.2, 0) is 16.1 Å². The molecule has 5 heteroatoms. The Morgan fingerprint density at radius 1 is 1.20 bits per heavy atom. The van der Waals surface area contributed by atoms with Crippen LogP contribution >= 0.6 is 15.9 Å². The summed E-state index contributed by atoms with van der Waals surface area (Å²) in [5, 5.41) is 0. The molecule has 2 aliphatic heterocycles. The van der Waals surface area contributed by atoms with E-state index in [1.165, 1.54) is 5.56 Å². The average Bonchev–Trinajstić information content (AvgIpc) is 2.45. The van der Waals surface area contributed by atoms with Gasteiger partial charge in [-0.15, -0.1) is 0 Å². The predicted molar refractivity (Wildman–Crippen MR) is 80.3 cm³/mol. The molecule has 3 rings (SSSR count). The third-order valence-electron chi connectivity index (χ3n) is 3.95. The molecule has 108 valence electrons. The van der Waals surface area contributed by atoms with E-state index in [1.807, 2.05) is 4.90 Å². The molecule has 2 fully saturated rings. The molecular formula is C15H19BrN2O2. The van der Waals surface area contributed by atoms with Crippen LogP contribution in [0.3, 0.4) is 0 Å². The minimum Gasteiger partial charge on any atom is -0.378 e. The molecule has 1 aromatic rings. The number of nitrogens with zero attached hydrogens (tertiary/aromatic N) is 2. The van der Waals surface area contributed by atoms with Gasteiger partial charge in [-0.3, -0.25) is 9.69 Å². The van der Waals surface area contributed by atoms with Gasteiger partial charge in [0.15, 0.2) is 0 Å². The maximum atomic E-state index is 12.3. The Kier molecular flexibility index (Phi) is 4.38. The molecule has 1 amide bonds. The quantitative estimate of drug-likeness (QED) is 0.841. The monoisotopic (exact) mass is 338 g/mol. The first-order chi connectivity index (χ1) is 9.72. The molecule has 0 unspecified atom stereocenters. The van der Waals surface area contributed by atoms with Gasteiger partial charge in [0.2, 0.25) is 5.91 Å². The standard InChI is InChI=1S/C15H19BrN2O2/c16-14-3-1-12(2-4-14)9-17-10-13(11-17)15(19)18-5-7-20-8-6-18/h1-4,13H,5-11H2. The zero-order chi connectivity index (χ0) is 13.9. The summed E-state index contributed by atoms with van der Waals surface area (Å²) >= 11 is 3.44. The van der Waals surface area contributed by atoms with Crippen LogP contribution < -0.4 is 0 Å². The van der Waals surface area contributed by atoms with Crippen molar-refractivity contribution < 1.29 is 9.53 Å². The van der Waals surface area contributed by atoms with E-state index < -0.39 is 0 Å².